The lowest BCUT2D eigenvalue weighted by atomic mass is 10.1. The first-order valence-corrected chi connectivity index (χ1v) is 12.0. The van der Waals surface area contributed by atoms with Gasteiger partial charge in [0.25, 0.3) is 17.5 Å². The van der Waals surface area contributed by atoms with Crippen LogP contribution in [0.25, 0.3) is 0 Å². The average molecular weight is 536 g/mol. The first-order valence-electron chi connectivity index (χ1n) is 11.6. The second-order valence-corrected chi connectivity index (χ2v) is 8.80. The molecule has 3 amide bonds. The smallest absolute Gasteiger partial charge is 0.338 e. The zero-order valence-electron chi connectivity index (χ0n) is 20.2. The lowest BCUT2D eigenvalue weighted by Gasteiger charge is -2.28. The van der Waals surface area contributed by atoms with Crippen LogP contribution in [0.15, 0.2) is 72.8 Å². The standard InChI is InChI=1S/C27H22ClN3O7/c1-2-38-27(35)18-8-11-20(12-9-18)30-24(32)15-23(26(30)34)29(16-17-6-4-3-5-7-17)25(33)19-10-13-21(28)22(14-19)31(36)37/h3-14,23H,2,15-16H2,1H3. The summed E-state index contributed by atoms with van der Waals surface area (Å²) in [6, 6.07) is 17.1. The molecule has 11 heteroatoms. The van der Waals surface area contributed by atoms with Gasteiger partial charge >= 0.3 is 5.97 Å². The van der Waals surface area contributed by atoms with Crippen LogP contribution in [-0.4, -0.2) is 46.2 Å². The number of benzene rings is 3. The molecule has 1 saturated heterocycles. The molecular weight excluding hydrogens is 514 g/mol. The molecule has 0 saturated carbocycles. The zero-order valence-corrected chi connectivity index (χ0v) is 21.0. The van der Waals surface area contributed by atoms with Gasteiger partial charge in [-0.1, -0.05) is 41.9 Å². The summed E-state index contributed by atoms with van der Waals surface area (Å²) in [7, 11) is 0. The molecule has 0 bridgehead atoms. The zero-order chi connectivity index (χ0) is 27.4. The number of anilines is 1. The number of nitro benzene ring substituents is 1. The molecule has 0 aliphatic carbocycles. The molecule has 1 fully saturated rings. The Bertz CT molecular complexity index is 1410. The van der Waals surface area contributed by atoms with Gasteiger partial charge in [0.15, 0.2) is 0 Å². The van der Waals surface area contributed by atoms with Crippen LogP contribution in [0.2, 0.25) is 5.02 Å². The number of hydrogen-bond acceptors (Lipinski definition) is 7. The van der Waals surface area contributed by atoms with E-state index in [-0.39, 0.29) is 41.4 Å². The van der Waals surface area contributed by atoms with E-state index in [2.05, 4.69) is 0 Å². The number of amides is 3. The molecule has 3 aromatic carbocycles. The Balaban J connectivity index is 1.67. The second-order valence-electron chi connectivity index (χ2n) is 8.40. The molecule has 1 heterocycles. The normalized spacial score (nSPS) is 14.9. The molecule has 0 spiro atoms. The maximum atomic E-state index is 13.6. The van der Waals surface area contributed by atoms with E-state index < -0.39 is 40.3 Å². The fourth-order valence-electron chi connectivity index (χ4n) is 4.15. The third kappa shape index (κ3) is 5.40. The van der Waals surface area contributed by atoms with Gasteiger partial charge in [-0.15, -0.1) is 0 Å². The summed E-state index contributed by atoms with van der Waals surface area (Å²) < 4.78 is 4.96. The average Bonchev–Trinajstić information content (AvgIpc) is 3.21. The Labute approximate surface area is 222 Å². The van der Waals surface area contributed by atoms with Gasteiger partial charge < -0.3 is 9.64 Å². The van der Waals surface area contributed by atoms with E-state index in [0.717, 1.165) is 11.0 Å². The molecule has 1 unspecified atom stereocenters. The Morgan fingerprint density at radius 1 is 1.05 bits per heavy atom. The maximum Gasteiger partial charge on any atom is 0.338 e. The van der Waals surface area contributed by atoms with Gasteiger partial charge in [-0.2, -0.15) is 0 Å². The summed E-state index contributed by atoms with van der Waals surface area (Å²) in [4.78, 5) is 65.0. The highest BCUT2D eigenvalue weighted by Gasteiger charge is 2.44. The number of nitrogens with zero attached hydrogens (tertiary/aromatic N) is 3. The number of carbonyl (C=O) groups is 4. The van der Waals surface area contributed by atoms with Crippen molar-refractivity contribution in [2.75, 3.05) is 11.5 Å². The summed E-state index contributed by atoms with van der Waals surface area (Å²) >= 11 is 5.91. The van der Waals surface area contributed by atoms with E-state index >= 15 is 0 Å². The lowest BCUT2D eigenvalue weighted by Crippen LogP contribution is -2.45. The van der Waals surface area contributed by atoms with E-state index in [1.807, 2.05) is 0 Å². The minimum absolute atomic E-state index is 0.0184. The van der Waals surface area contributed by atoms with Crippen LogP contribution in [0.5, 0.6) is 0 Å². The van der Waals surface area contributed by atoms with Crippen LogP contribution < -0.4 is 4.90 Å². The third-order valence-corrected chi connectivity index (χ3v) is 6.30. The van der Waals surface area contributed by atoms with Gasteiger partial charge in [-0.3, -0.25) is 24.5 Å². The van der Waals surface area contributed by atoms with E-state index in [0.29, 0.717) is 5.56 Å². The summed E-state index contributed by atoms with van der Waals surface area (Å²) in [5.74, 6) is -2.37. The third-order valence-electron chi connectivity index (χ3n) is 5.98. The molecule has 3 aromatic rings. The van der Waals surface area contributed by atoms with Crippen LogP contribution in [0.1, 0.15) is 39.6 Å². The fraction of sp³-hybridized carbons (Fsp3) is 0.185. The molecule has 1 aliphatic rings. The number of ether oxygens (including phenoxy) is 1. The number of carbonyl (C=O) groups excluding carboxylic acids is 4. The van der Waals surface area contributed by atoms with Gasteiger partial charge in [0.2, 0.25) is 5.91 Å². The van der Waals surface area contributed by atoms with E-state index in [1.54, 1.807) is 37.3 Å². The van der Waals surface area contributed by atoms with Crippen molar-refractivity contribution in [2.45, 2.75) is 25.9 Å². The molecule has 0 N–H and O–H groups in total. The number of nitro groups is 1. The van der Waals surface area contributed by atoms with Crippen molar-refractivity contribution in [3.63, 3.8) is 0 Å². The summed E-state index contributed by atoms with van der Waals surface area (Å²) in [6.07, 6.45) is -0.285. The molecule has 1 aliphatic heterocycles. The Hall–Kier alpha value is -4.57. The van der Waals surface area contributed by atoms with Crippen molar-refractivity contribution >= 4 is 46.7 Å². The lowest BCUT2D eigenvalue weighted by molar-refractivity contribution is -0.384. The van der Waals surface area contributed by atoms with Crippen molar-refractivity contribution in [1.29, 1.82) is 0 Å². The molecule has 1 atom stereocenters. The second kappa shape index (κ2) is 11.2. The molecular formula is C27H22ClN3O7. The number of rotatable bonds is 8. The Morgan fingerprint density at radius 2 is 1.71 bits per heavy atom. The largest absolute Gasteiger partial charge is 0.462 e. The van der Waals surface area contributed by atoms with E-state index in [4.69, 9.17) is 16.3 Å². The van der Waals surface area contributed by atoms with Crippen molar-refractivity contribution in [1.82, 2.24) is 4.90 Å². The van der Waals surface area contributed by atoms with Gasteiger partial charge in [-0.05, 0) is 48.9 Å². The van der Waals surface area contributed by atoms with Gasteiger partial charge in [-0.25, -0.2) is 9.69 Å². The van der Waals surface area contributed by atoms with E-state index in [9.17, 15) is 29.3 Å². The molecule has 0 aromatic heterocycles. The van der Waals surface area contributed by atoms with E-state index in [1.165, 1.54) is 41.3 Å². The molecule has 10 nitrogen and oxygen atoms in total. The topological polar surface area (TPSA) is 127 Å². The highest BCUT2D eigenvalue weighted by molar-refractivity contribution is 6.32. The van der Waals surface area contributed by atoms with Gasteiger partial charge in [0.1, 0.15) is 11.1 Å². The van der Waals surface area contributed by atoms with Crippen LogP contribution in [-0.2, 0) is 20.9 Å². The van der Waals surface area contributed by atoms with Crippen LogP contribution >= 0.6 is 11.6 Å². The van der Waals surface area contributed by atoms with Gasteiger partial charge in [0.05, 0.1) is 29.2 Å². The quantitative estimate of drug-likeness (QED) is 0.181. The summed E-state index contributed by atoms with van der Waals surface area (Å²) in [5.41, 5.74) is 0.701. The highest BCUT2D eigenvalue weighted by Crippen LogP contribution is 2.30. The van der Waals surface area contributed by atoms with Crippen LogP contribution in [0.4, 0.5) is 11.4 Å². The summed E-state index contributed by atoms with van der Waals surface area (Å²) in [6.45, 7) is 1.86. The van der Waals surface area contributed by atoms with Crippen molar-refractivity contribution in [3.05, 3.63) is 105 Å². The predicted molar refractivity (Wildman–Crippen MR) is 138 cm³/mol. The highest BCUT2D eigenvalue weighted by atomic mass is 35.5. The predicted octanol–water partition coefficient (Wildman–Crippen LogP) is 4.40. The number of hydrogen-bond donors (Lipinski definition) is 0. The Morgan fingerprint density at radius 3 is 2.34 bits per heavy atom. The monoisotopic (exact) mass is 535 g/mol. The van der Waals surface area contributed by atoms with Crippen molar-refractivity contribution in [2.24, 2.45) is 0 Å². The molecule has 4 rings (SSSR count). The minimum Gasteiger partial charge on any atom is -0.462 e. The van der Waals surface area contributed by atoms with Gasteiger partial charge in [0, 0.05) is 18.2 Å². The minimum atomic E-state index is -1.16. The first kappa shape index (κ1) is 26.5. The first-order chi connectivity index (χ1) is 18.2. The van der Waals surface area contributed by atoms with Crippen molar-refractivity contribution in [3.8, 4) is 0 Å². The van der Waals surface area contributed by atoms with Crippen molar-refractivity contribution < 1.29 is 28.8 Å². The molecule has 0 radical (unpaired) electrons. The SMILES string of the molecule is CCOC(=O)c1ccc(N2C(=O)CC(N(Cc3ccccc3)C(=O)c3ccc(Cl)c([N+](=O)[O-])c3)C2=O)cc1. The number of esters is 1. The number of halogens is 1. The van der Waals surface area contributed by atoms with Crippen LogP contribution in [0, 0.1) is 10.1 Å². The maximum absolute atomic E-state index is 13.6. The van der Waals surface area contributed by atoms with Crippen LogP contribution in [0.3, 0.4) is 0 Å². The number of imide groups is 1. The Kier molecular flexibility index (Phi) is 7.82. The molecule has 38 heavy (non-hydrogen) atoms. The summed E-state index contributed by atoms with van der Waals surface area (Å²) in [5, 5.41) is 11.2. The fourth-order valence-corrected chi connectivity index (χ4v) is 4.33. The molecule has 194 valence electrons.